The second kappa shape index (κ2) is 6.61. The number of benzene rings is 1. The number of aromatic nitrogens is 4. The van der Waals surface area contributed by atoms with Crippen molar-refractivity contribution in [1.29, 1.82) is 5.26 Å². The Balaban J connectivity index is 1.89. The second-order valence-corrected chi connectivity index (χ2v) is 5.86. The van der Waals surface area contributed by atoms with Crippen molar-refractivity contribution < 1.29 is 5.11 Å². The van der Waals surface area contributed by atoms with Crippen molar-refractivity contribution in [2.24, 2.45) is 0 Å². The summed E-state index contributed by atoms with van der Waals surface area (Å²) in [5.41, 5.74) is 9.94. The van der Waals surface area contributed by atoms with Crippen molar-refractivity contribution in [2.75, 3.05) is 5.73 Å². The first-order valence-electron chi connectivity index (χ1n) is 8.11. The minimum Gasteiger partial charge on any atom is -0.504 e. The number of rotatable bonds is 3. The maximum absolute atomic E-state index is 9.94. The van der Waals surface area contributed by atoms with Gasteiger partial charge in [0.15, 0.2) is 11.6 Å². The van der Waals surface area contributed by atoms with Crippen molar-refractivity contribution in [3.05, 3.63) is 66.6 Å². The number of H-pyrrole nitrogens is 1. The molecule has 0 amide bonds. The van der Waals surface area contributed by atoms with Crippen LogP contribution in [0.1, 0.15) is 5.56 Å². The van der Waals surface area contributed by atoms with E-state index in [2.05, 4.69) is 21.0 Å². The lowest BCUT2D eigenvalue weighted by molar-refractivity contribution is 0.476. The molecule has 0 aliphatic rings. The van der Waals surface area contributed by atoms with Crippen LogP contribution in [0.4, 0.5) is 5.82 Å². The van der Waals surface area contributed by atoms with Gasteiger partial charge in [-0.2, -0.15) is 5.26 Å². The predicted octanol–water partition coefficient (Wildman–Crippen LogP) is 3.36. The van der Waals surface area contributed by atoms with Gasteiger partial charge in [-0.15, -0.1) is 0 Å². The second-order valence-electron chi connectivity index (χ2n) is 5.86. The number of hydrogen-bond donors (Lipinski definition) is 3. The topological polar surface area (TPSA) is 124 Å². The van der Waals surface area contributed by atoms with Gasteiger partial charge in [-0.25, -0.2) is 9.97 Å². The van der Waals surface area contributed by atoms with Crippen molar-refractivity contribution in [1.82, 2.24) is 19.9 Å². The van der Waals surface area contributed by atoms with Crippen LogP contribution in [0.25, 0.3) is 33.9 Å². The third kappa shape index (κ3) is 3.07. The first-order valence-corrected chi connectivity index (χ1v) is 8.11. The Kier molecular flexibility index (Phi) is 3.99. The molecule has 0 unspecified atom stereocenters. The maximum Gasteiger partial charge on any atom is 0.165 e. The van der Waals surface area contributed by atoms with E-state index in [1.54, 1.807) is 30.7 Å². The molecule has 1 aromatic carbocycles. The summed E-state index contributed by atoms with van der Waals surface area (Å²) in [6.45, 7) is 0. The average Bonchev–Trinajstić information content (AvgIpc) is 3.16. The number of nitrogens with two attached hydrogens (primary N) is 1. The van der Waals surface area contributed by atoms with Gasteiger partial charge >= 0.3 is 0 Å². The number of pyridine rings is 2. The number of imidazole rings is 1. The van der Waals surface area contributed by atoms with Gasteiger partial charge in [-0.3, -0.25) is 4.98 Å². The SMILES string of the molecule is N#Cc1ccc(-c2nc(-c3cnc(N)c(O)c3)c(-c3ccncc3)[nH]2)cc1. The van der Waals surface area contributed by atoms with Crippen LogP contribution in [0.2, 0.25) is 0 Å². The molecule has 27 heavy (non-hydrogen) atoms. The lowest BCUT2D eigenvalue weighted by Crippen LogP contribution is -1.92. The van der Waals surface area contributed by atoms with Gasteiger partial charge in [0.05, 0.1) is 23.0 Å². The van der Waals surface area contributed by atoms with Crippen LogP contribution in [-0.2, 0) is 0 Å². The van der Waals surface area contributed by atoms with Crippen molar-refractivity contribution in [3.63, 3.8) is 0 Å². The van der Waals surface area contributed by atoms with Crippen molar-refractivity contribution in [2.45, 2.75) is 0 Å². The Morgan fingerprint density at radius 1 is 1.00 bits per heavy atom. The Morgan fingerprint density at radius 3 is 2.41 bits per heavy atom. The number of anilines is 1. The van der Waals surface area contributed by atoms with Crippen LogP contribution < -0.4 is 5.73 Å². The van der Waals surface area contributed by atoms with Crippen LogP contribution in [0, 0.1) is 11.3 Å². The molecule has 3 heterocycles. The summed E-state index contributed by atoms with van der Waals surface area (Å²) in [6, 6.07) is 14.5. The summed E-state index contributed by atoms with van der Waals surface area (Å²) in [7, 11) is 0. The molecule has 7 heteroatoms. The van der Waals surface area contributed by atoms with Crippen molar-refractivity contribution >= 4 is 5.82 Å². The summed E-state index contributed by atoms with van der Waals surface area (Å²) in [5.74, 6) is 0.598. The number of aromatic amines is 1. The number of nitrogen functional groups attached to an aromatic ring is 1. The fraction of sp³-hybridized carbons (Fsp3) is 0. The van der Waals surface area contributed by atoms with Gasteiger partial charge in [-0.05, 0) is 42.5 Å². The van der Waals surface area contributed by atoms with E-state index in [0.717, 1.165) is 16.8 Å². The molecule has 7 nitrogen and oxygen atoms in total. The van der Waals surface area contributed by atoms with Crippen LogP contribution in [0.3, 0.4) is 0 Å². The highest BCUT2D eigenvalue weighted by atomic mass is 16.3. The van der Waals surface area contributed by atoms with Gasteiger partial charge in [-0.1, -0.05) is 0 Å². The van der Waals surface area contributed by atoms with Crippen molar-refractivity contribution in [3.8, 4) is 45.7 Å². The molecule has 0 fully saturated rings. The lowest BCUT2D eigenvalue weighted by Gasteiger charge is -2.04. The largest absolute Gasteiger partial charge is 0.504 e. The van der Waals surface area contributed by atoms with E-state index in [9.17, 15) is 5.11 Å². The van der Waals surface area contributed by atoms with E-state index in [1.807, 2.05) is 24.3 Å². The normalized spacial score (nSPS) is 10.5. The molecule has 0 radical (unpaired) electrons. The molecule has 0 atom stereocenters. The zero-order chi connectivity index (χ0) is 18.8. The summed E-state index contributed by atoms with van der Waals surface area (Å²) in [6.07, 6.45) is 4.96. The Morgan fingerprint density at radius 2 is 1.74 bits per heavy atom. The third-order valence-electron chi connectivity index (χ3n) is 4.13. The van der Waals surface area contributed by atoms with Crippen LogP contribution in [0.5, 0.6) is 5.75 Å². The van der Waals surface area contributed by atoms with Gasteiger partial charge < -0.3 is 15.8 Å². The number of nitriles is 1. The highest BCUT2D eigenvalue weighted by molar-refractivity contribution is 5.81. The highest BCUT2D eigenvalue weighted by Crippen LogP contribution is 2.34. The van der Waals surface area contributed by atoms with Gasteiger partial charge in [0.1, 0.15) is 5.82 Å². The average molecular weight is 354 g/mol. The minimum absolute atomic E-state index is 0.0621. The predicted molar refractivity (Wildman–Crippen MR) is 101 cm³/mol. The smallest absolute Gasteiger partial charge is 0.165 e. The first-order chi connectivity index (χ1) is 13.2. The Bertz CT molecular complexity index is 1140. The molecule has 130 valence electrons. The van der Waals surface area contributed by atoms with Gasteiger partial charge in [0.25, 0.3) is 0 Å². The summed E-state index contributed by atoms with van der Waals surface area (Å²) < 4.78 is 0. The first kappa shape index (κ1) is 16.3. The Labute approximate surface area is 154 Å². The number of nitrogens with zero attached hydrogens (tertiary/aromatic N) is 4. The van der Waals surface area contributed by atoms with Crippen LogP contribution in [-0.4, -0.2) is 25.0 Å². The standard InChI is InChI=1S/C20H14N6O/c21-10-12-1-3-14(4-2-12)20-25-17(13-5-7-23-8-6-13)18(26-20)15-9-16(27)19(22)24-11-15/h1-9,11,27H,(H2,22,24)(H,25,26). The summed E-state index contributed by atoms with van der Waals surface area (Å²) in [4.78, 5) is 16.1. The third-order valence-corrected chi connectivity index (χ3v) is 4.13. The zero-order valence-corrected chi connectivity index (χ0v) is 14.1. The number of hydrogen-bond acceptors (Lipinski definition) is 6. The molecule has 0 saturated carbocycles. The molecule has 0 bridgehead atoms. The molecule has 4 aromatic rings. The molecular weight excluding hydrogens is 340 g/mol. The Hall–Kier alpha value is -4.18. The molecule has 4 rings (SSSR count). The fourth-order valence-electron chi connectivity index (χ4n) is 2.74. The monoisotopic (exact) mass is 354 g/mol. The summed E-state index contributed by atoms with van der Waals surface area (Å²) in [5, 5.41) is 18.9. The molecule has 0 spiro atoms. The lowest BCUT2D eigenvalue weighted by atomic mass is 10.1. The fourth-order valence-corrected chi connectivity index (χ4v) is 2.74. The van der Waals surface area contributed by atoms with E-state index in [4.69, 9.17) is 16.0 Å². The zero-order valence-electron chi connectivity index (χ0n) is 14.1. The molecule has 0 aliphatic heterocycles. The molecule has 0 aliphatic carbocycles. The molecule has 4 N–H and O–H groups in total. The van der Waals surface area contributed by atoms with Gasteiger partial charge in [0, 0.05) is 35.3 Å². The minimum atomic E-state index is -0.101. The maximum atomic E-state index is 9.94. The van der Waals surface area contributed by atoms with Gasteiger partial charge in [0.2, 0.25) is 0 Å². The van der Waals surface area contributed by atoms with Crippen LogP contribution in [0.15, 0.2) is 61.1 Å². The van der Waals surface area contributed by atoms with Crippen LogP contribution >= 0.6 is 0 Å². The quantitative estimate of drug-likeness (QED) is 0.518. The van der Waals surface area contributed by atoms with E-state index < -0.39 is 0 Å². The highest BCUT2D eigenvalue weighted by Gasteiger charge is 2.16. The van der Waals surface area contributed by atoms with E-state index in [-0.39, 0.29) is 11.6 Å². The molecule has 3 aromatic heterocycles. The van der Waals surface area contributed by atoms with E-state index in [1.165, 1.54) is 6.07 Å². The summed E-state index contributed by atoms with van der Waals surface area (Å²) >= 11 is 0. The molecular formula is C20H14N6O. The van der Waals surface area contributed by atoms with E-state index >= 15 is 0 Å². The number of aromatic hydroxyl groups is 1. The number of nitrogens with one attached hydrogen (secondary N) is 1. The van der Waals surface area contributed by atoms with E-state index in [0.29, 0.717) is 22.6 Å². The molecule has 0 saturated heterocycles.